The van der Waals surface area contributed by atoms with Gasteiger partial charge in [-0.25, -0.2) is 22.9 Å². The smallest absolute Gasteiger partial charge is 0.387 e. The van der Waals surface area contributed by atoms with Gasteiger partial charge in [0.1, 0.15) is 12.2 Å². The Morgan fingerprint density at radius 1 is 1.23 bits per heavy atom. The second-order valence-corrected chi connectivity index (χ2v) is 10.2. The van der Waals surface area contributed by atoms with E-state index in [0.29, 0.717) is 4.57 Å². The molecule has 0 bridgehead atoms. The number of ether oxygens (including phenoxy) is 1. The van der Waals surface area contributed by atoms with Crippen molar-refractivity contribution in [2.45, 2.75) is 24.1 Å². The van der Waals surface area contributed by atoms with E-state index in [2.05, 4.69) is 13.1 Å². The van der Waals surface area contributed by atoms with Gasteiger partial charge in [0.2, 0.25) is 5.72 Å². The lowest BCUT2D eigenvalue weighted by atomic mass is 10.0. The monoisotopic (exact) mass is 510 g/mol. The van der Waals surface area contributed by atoms with E-state index in [-0.39, 0.29) is 0 Å². The molecule has 2 unspecified atom stereocenters. The van der Waals surface area contributed by atoms with Gasteiger partial charge in [-0.15, -0.1) is 6.42 Å². The maximum atomic E-state index is 14.8. The molecule has 1 aliphatic heterocycles. The summed E-state index contributed by atoms with van der Waals surface area (Å²) >= 11 is 0. The van der Waals surface area contributed by atoms with Gasteiger partial charge >= 0.3 is 29.2 Å². The molecule has 1 fully saturated rings. The van der Waals surface area contributed by atoms with Crippen LogP contribution in [0.4, 0.5) is 4.39 Å². The first-order valence-corrected chi connectivity index (χ1v) is 12.1. The van der Waals surface area contributed by atoms with Crippen molar-refractivity contribution in [1.82, 2.24) is 9.55 Å². The number of hydrogen-bond donors (Lipinski definition) is 6. The van der Waals surface area contributed by atoms with Crippen LogP contribution in [0, 0.1) is 12.3 Å². The number of phosphoric ester groups is 1. The Hall–Kier alpha value is -1.50. The number of terminal acetylenes is 1. The average molecular weight is 510 g/mol. The molecule has 174 valence electrons. The van der Waals surface area contributed by atoms with Crippen LogP contribution in [0.3, 0.4) is 0 Å². The molecule has 0 radical (unpaired) electrons. The summed E-state index contributed by atoms with van der Waals surface area (Å²) in [6.45, 7) is -1.23. The zero-order valence-electron chi connectivity index (χ0n) is 14.7. The van der Waals surface area contributed by atoms with E-state index in [1.165, 1.54) is 0 Å². The summed E-state index contributed by atoms with van der Waals surface area (Å²) in [5, 5.41) is 10.0. The second-order valence-electron chi connectivity index (χ2n) is 5.76. The van der Waals surface area contributed by atoms with Gasteiger partial charge in [-0.1, -0.05) is 0 Å². The van der Waals surface area contributed by atoms with Crippen molar-refractivity contribution in [3.05, 3.63) is 33.1 Å². The van der Waals surface area contributed by atoms with Crippen molar-refractivity contribution in [2.75, 3.05) is 6.61 Å². The normalized spacial score (nSPS) is 30.3. The molecule has 31 heavy (non-hydrogen) atoms. The van der Waals surface area contributed by atoms with Gasteiger partial charge in [0.25, 0.3) is 5.56 Å². The highest BCUT2D eigenvalue weighted by Crippen LogP contribution is 2.66. The van der Waals surface area contributed by atoms with Crippen molar-refractivity contribution in [2.24, 2.45) is 0 Å². The third-order valence-electron chi connectivity index (χ3n) is 3.59. The Morgan fingerprint density at radius 2 is 1.84 bits per heavy atom. The summed E-state index contributed by atoms with van der Waals surface area (Å²) in [5.74, 6) is 1.80. The Labute approximate surface area is 170 Å². The van der Waals surface area contributed by atoms with Crippen LogP contribution in [0.15, 0.2) is 21.9 Å². The first kappa shape index (κ1) is 25.8. The number of nitrogens with one attached hydrogen (secondary N) is 1. The highest BCUT2D eigenvalue weighted by atomic mass is 31.3. The van der Waals surface area contributed by atoms with Crippen molar-refractivity contribution in [3.63, 3.8) is 0 Å². The molecule has 1 saturated heterocycles. The van der Waals surface area contributed by atoms with Crippen LogP contribution >= 0.6 is 23.5 Å². The quantitative estimate of drug-likeness (QED) is 0.168. The first-order valence-electron chi connectivity index (χ1n) is 7.60. The van der Waals surface area contributed by atoms with Gasteiger partial charge < -0.3 is 29.4 Å². The zero-order valence-corrected chi connectivity index (χ0v) is 17.4. The Kier molecular flexibility index (Phi) is 7.31. The van der Waals surface area contributed by atoms with Crippen molar-refractivity contribution >= 4 is 23.5 Å². The van der Waals surface area contributed by atoms with Crippen LogP contribution < -0.4 is 11.2 Å². The zero-order chi connectivity index (χ0) is 23.8. The third kappa shape index (κ3) is 6.05. The van der Waals surface area contributed by atoms with Crippen LogP contribution in [0.5, 0.6) is 0 Å². The molecule has 6 atom stereocenters. The molecule has 0 aromatic carbocycles. The number of aliphatic hydroxyl groups is 1. The van der Waals surface area contributed by atoms with Gasteiger partial charge in [0.15, 0.2) is 6.17 Å². The van der Waals surface area contributed by atoms with Crippen molar-refractivity contribution in [1.29, 1.82) is 0 Å². The molecule has 1 aromatic heterocycles. The number of hydrogen-bond acceptors (Lipinski definition) is 10. The predicted octanol–water partition coefficient (Wildman–Crippen LogP) is -1.74. The van der Waals surface area contributed by atoms with Crippen LogP contribution in [0.1, 0.15) is 0 Å². The highest BCUT2D eigenvalue weighted by molar-refractivity contribution is 7.66. The van der Waals surface area contributed by atoms with Gasteiger partial charge in [-0.3, -0.25) is 18.9 Å². The summed E-state index contributed by atoms with van der Waals surface area (Å²) in [6.07, 6.45) is -0.569. The number of phosphoric acid groups is 3. The molecule has 20 heteroatoms. The fourth-order valence-electron chi connectivity index (χ4n) is 2.44. The van der Waals surface area contributed by atoms with E-state index in [1.807, 2.05) is 0 Å². The van der Waals surface area contributed by atoms with E-state index < -0.39 is 65.4 Å². The number of alkyl halides is 1. The number of aliphatic hydroxyl groups excluding tert-OH is 1. The third-order valence-corrected chi connectivity index (χ3v) is 7.39. The predicted molar refractivity (Wildman–Crippen MR) is 93.7 cm³/mol. The summed E-state index contributed by atoms with van der Waals surface area (Å²) in [6, 6.07) is 0.794. The average Bonchev–Trinajstić information content (AvgIpc) is 2.82. The van der Waals surface area contributed by atoms with E-state index in [0.717, 1.165) is 12.3 Å². The Morgan fingerprint density at radius 3 is 2.35 bits per heavy atom. The molecule has 6 N–H and O–H groups in total. The molecule has 0 saturated carbocycles. The lowest BCUT2D eigenvalue weighted by Crippen LogP contribution is -2.48. The van der Waals surface area contributed by atoms with Crippen molar-refractivity contribution < 1.29 is 60.6 Å². The Bertz CT molecular complexity index is 1140. The summed E-state index contributed by atoms with van der Waals surface area (Å²) < 4.78 is 65.1. The van der Waals surface area contributed by atoms with Gasteiger partial charge in [-0.05, 0) is 5.92 Å². The molecule has 2 rings (SSSR count). The largest absolute Gasteiger partial charge is 0.490 e. The number of rotatable bonds is 8. The van der Waals surface area contributed by atoms with E-state index in [4.69, 9.17) is 25.8 Å². The summed E-state index contributed by atoms with van der Waals surface area (Å²) in [7, 11) is -17.0. The minimum atomic E-state index is -5.80. The Balaban J connectivity index is 2.20. The lowest BCUT2D eigenvalue weighted by molar-refractivity contribution is -0.0939. The number of aromatic amines is 1. The fraction of sp³-hybridized carbons (Fsp3) is 0.455. The molecule has 0 spiro atoms. The van der Waals surface area contributed by atoms with Gasteiger partial charge in [0.05, 0.1) is 6.61 Å². The fourth-order valence-corrected chi connectivity index (χ4v) is 5.47. The number of nitrogens with zero attached hydrogens (tertiary/aromatic N) is 1. The molecule has 1 aromatic rings. The van der Waals surface area contributed by atoms with Gasteiger partial charge in [-0.2, -0.15) is 8.62 Å². The van der Waals surface area contributed by atoms with Crippen LogP contribution in [-0.2, 0) is 37.3 Å². The molecule has 1 aliphatic rings. The minimum absolute atomic E-state index is 0.424. The van der Waals surface area contributed by atoms with E-state index in [9.17, 15) is 37.7 Å². The van der Waals surface area contributed by atoms with Gasteiger partial charge in [0, 0.05) is 12.3 Å². The molecule has 0 aliphatic carbocycles. The standard InChI is InChI=1S/C11H14FN2O14P3/c1-2-11(14-4-3-7(15)13-10(14)17)9(12)8(16)6(26-11)5-25-30(21,22)28-31(23,24)27-29(18,19)20/h1,3-4,6,8-9,16H,5H2,(H,21,22)(H,23,24)(H,13,15,17)(H2,18,19,20)/t6-,8-,9-,11-/m1/s1. The molecular weight excluding hydrogens is 496 g/mol. The molecule has 0 amide bonds. The second kappa shape index (κ2) is 8.80. The number of H-pyrrole nitrogens is 1. The van der Waals surface area contributed by atoms with Crippen LogP contribution in [0.25, 0.3) is 0 Å². The highest BCUT2D eigenvalue weighted by Gasteiger charge is 2.57. The maximum Gasteiger partial charge on any atom is 0.490 e. The molecular formula is C11H14FN2O14P3. The maximum absolute atomic E-state index is 14.8. The SMILES string of the molecule is C#C[C@@]1(n2ccc(=O)[nH]c2=O)O[C@H](COP(=O)(O)OP(=O)(O)OP(=O)(O)O)[C@@H](O)[C@H]1F. The van der Waals surface area contributed by atoms with Crippen LogP contribution in [0.2, 0.25) is 0 Å². The first-order chi connectivity index (χ1) is 14.0. The number of halogens is 1. The topological polar surface area (TPSA) is 244 Å². The van der Waals surface area contributed by atoms with Crippen LogP contribution in [-0.4, -0.2) is 59.2 Å². The van der Waals surface area contributed by atoms with E-state index >= 15 is 0 Å². The number of aromatic nitrogens is 2. The summed E-state index contributed by atoms with van der Waals surface area (Å²) in [4.78, 5) is 60.3. The van der Waals surface area contributed by atoms with Crippen molar-refractivity contribution in [3.8, 4) is 12.3 Å². The minimum Gasteiger partial charge on any atom is -0.387 e. The van der Waals surface area contributed by atoms with E-state index in [1.54, 1.807) is 10.9 Å². The molecule has 2 heterocycles. The lowest BCUT2D eigenvalue weighted by Gasteiger charge is -2.27. The molecule has 16 nitrogen and oxygen atoms in total. The summed E-state index contributed by atoms with van der Waals surface area (Å²) in [5.41, 5.74) is -4.69.